The van der Waals surface area contributed by atoms with Crippen LogP contribution < -0.4 is 5.73 Å². The third kappa shape index (κ3) is 6.18. The van der Waals surface area contributed by atoms with Gasteiger partial charge in [0, 0.05) is 9.52 Å². The smallest absolute Gasteiger partial charge is 0.0362 e. The molecule has 2 heteroatoms. The first kappa shape index (κ1) is 7.18. The second kappa shape index (κ2) is 6.18. The van der Waals surface area contributed by atoms with E-state index in [0.717, 1.165) is 6.17 Å². The van der Waals surface area contributed by atoms with Crippen LogP contribution in [0.1, 0.15) is 19.8 Å². The Morgan fingerprint density at radius 1 is 1.57 bits per heavy atom. The Morgan fingerprint density at radius 2 is 2.29 bits per heavy atom. The minimum atomic E-state index is 0.188. The van der Waals surface area contributed by atoms with Gasteiger partial charge >= 0.3 is 0 Å². The molecular formula is C5H15NSi. The molecule has 1 nitrogen and oxygen atoms in total. The largest absolute Gasteiger partial charge is 0.334 e. The van der Waals surface area contributed by atoms with Crippen molar-refractivity contribution in [3.63, 3.8) is 0 Å². The summed E-state index contributed by atoms with van der Waals surface area (Å²) in [6.45, 7) is 2.23. The van der Waals surface area contributed by atoms with Crippen molar-refractivity contribution in [1.82, 2.24) is 0 Å². The molecule has 0 saturated heterocycles. The van der Waals surface area contributed by atoms with Crippen LogP contribution in [0.4, 0.5) is 0 Å². The van der Waals surface area contributed by atoms with Crippen molar-refractivity contribution in [2.75, 3.05) is 6.17 Å². The van der Waals surface area contributed by atoms with Gasteiger partial charge in [-0.1, -0.05) is 25.8 Å². The molecule has 0 unspecified atom stereocenters. The molecule has 0 aromatic carbocycles. The van der Waals surface area contributed by atoms with E-state index in [0.29, 0.717) is 0 Å². The van der Waals surface area contributed by atoms with Gasteiger partial charge in [0.15, 0.2) is 0 Å². The third-order valence-corrected chi connectivity index (χ3v) is 2.47. The number of nitrogens with two attached hydrogens (primary N) is 1. The Kier molecular flexibility index (Phi) is 6.33. The van der Waals surface area contributed by atoms with E-state index in [-0.39, 0.29) is 9.52 Å². The van der Waals surface area contributed by atoms with Gasteiger partial charge in [0.25, 0.3) is 0 Å². The van der Waals surface area contributed by atoms with Crippen LogP contribution in [0.3, 0.4) is 0 Å². The summed E-state index contributed by atoms with van der Waals surface area (Å²) in [4.78, 5) is 0. The summed E-state index contributed by atoms with van der Waals surface area (Å²) in [5.74, 6) is 0. The quantitative estimate of drug-likeness (QED) is 0.416. The summed E-state index contributed by atoms with van der Waals surface area (Å²) < 4.78 is 0. The van der Waals surface area contributed by atoms with Crippen LogP contribution >= 0.6 is 0 Å². The lowest BCUT2D eigenvalue weighted by molar-refractivity contribution is 0.877. The van der Waals surface area contributed by atoms with E-state index >= 15 is 0 Å². The molecule has 0 aromatic heterocycles. The molecule has 0 spiro atoms. The summed E-state index contributed by atoms with van der Waals surface area (Å²) in [5.41, 5.74) is 5.33. The van der Waals surface area contributed by atoms with Gasteiger partial charge in [-0.3, -0.25) is 0 Å². The summed E-state index contributed by atoms with van der Waals surface area (Å²) >= 11 is 0. The summed E-state index contributed by atoms with van der Waals surface area (Å²) in [6.07, 6.45) is 3.75. The molecule has 0 rings (SSSR count). The predicted molar refractivity (Wildman–Crippen MR) is 37.3 cm³/mol. The first-order valence-corrected chi connectivity index (χ1v) is 5.12. The lowest BCUT2D eigenvalue weighted by Crippen LogP contribution is -2.07. The molecule has 0 aromatic rings. The Morgan fingerprint density at radius 3 is 2.71 bits per heavy atom. The zero-order valence-corrected chi connectivity index (χ0v) is 6.53. The molecular weight excluding hydrogens is 102 g/mol. The van der Waals surface area contributed by atoms with Crippen LogP contribution in [-0.2, 0) is 0 Å². The molecule has 2 N–H and O–H groups in total. The minimum absolute atomic E-state index is 0.188. The topological polar surface area (TPSA) is 26.0 Å². The third-order valence-electron chi connectivity index (χ3n) is 1.06. The molecule has 0 fully saturated rings. The van der Waals surface area contributed by atoms with Crippen LogP contribution in [0.15, 0.2) is 0 Å². The zero-order chi connectivity index (χ0) is 5.54. The van der Waals surface area contributed by atoms with Crippen LogP contribution in [0, 0.1) is 0 Å². The Hall–Kier alpha value is 0.177. The first-order valence-electron chi connectivity index (χ1n) is 3.12. The van der Waals surface area contributed by atoms with Crippen molar-refractivity contribution in [3.8, 4) is 0 Å². The van der Waals surface area contributed by atoms with Crippen molar-refractivity contribution in [2.24, 2.45) is 5.73 Å². The van der Waals surface area contributed by atoms with Crippen LogP contribution in [0.2, 0.25) is 6.04 Å². The monoisotopic (exact) mass is 117 g/mol. The van der Waals surface area contributed by atoms with Gasteiger partial charge in [0.05, 0.1) is 0 Å². The fraction of sp³-hybridized carbons (Fsp3) is 1.00. The molecule has 7 heavy (non-hydrogen) atoms. The molecule has 0 saturated carbocycles. The number of hydrogen-bond donors (Lipinski definition) is 1. The van der Waals surface area contributed by atoms with Gasteiger partial charge in [0.1, 0.15) is 0 Å². The zero-order valence-electron chi connectivity index (χ0n) is 5.11. The second-order valence-corrected chi connectivity index (χ2v) is 3.84. The van der Waals surface area contributed by atoms with Crippen molar-refractivity contribution < 1.29 is 0 Å². The van der Waals surface area contributed by atoms with Gasteiger partial charge in [0.2, 0.25) is 0 Å². The second-order valence-electron chi connectivity index (χ2n) is 1.85. The SMILES string of the molecule is CCCC[SiH2]CN. The highest BCUT2D eigenvalue weighted by atomic mass is 28.2. The van der Waals surface area contributed by atoms with Gasteiger partial charge in [-0.05, 0) is 6.17 Å². The standard InChI is InChI=1S/C5H15NSi/c1-2-3-4-7-5-6/h2-7H2,1H3. The van der Waals surface area contributed by atoms with E-state index in [1.807, 2.05) is 0 Å². The van der Waals surface area contributed by atoms with Crippen molar-refractivity contribution >= 4 is 9.52 Å². The molecule has 0 heterocycles. The maximum absolute atomic E-state index is 5.33. The number of unbranched alkanes of at least 4 members (excludes halogenated alkanes) is 1. The highest BCUT2D eigenvalue weighted by molar-refractivity contribution is 6.35. The lowest BCUT2D eigenvalue weighted by atomic mass is 10.4. The van der Waals surface area contributed by atoms with E-state index in [1.165, 1.54) is 18.9 Å². The van der Waals surface area contributed by atoms with E-state index < -0.39 is 0 Å². The van der Waals surface area contributed by atoms with E-state index in [2.05, 4.69) is 6.92 Å². The summed E-state index contributed by atoms with van der Waals surface area (Å²) in [6, 6.07) is 1.45. The fourth-order valence-corrected chi connectivity index (χ4v) is 1.71. The molecule has 0 radical (unpaired) electrons. The highest BCUT2D eigenvalue weighted by Gasteiger charge is 1.81. The fourth-order valence-electron chi connectivity index (χ4n) is 0.571. The van der Waals surface area contributed by atoms with E-state index in [1.54, 1.807) is 0 Å². The molecule has 0 aliphatic carbocycles. The van der Waals surface area contributed by atoms with Crippen molar-refractivity contribution in [3.05, 3.63) is 0 Å². The normalized spacial score (nSPS) is 11.1. The first-order chi connectivity index (χ1) is 3.41. The van der Waals surface area contributed by atoms with Gasteiger partial charge in [-0.15, -0.1) is 0 Å². The average molecular weight is 117 g/mol. The van der Waals surface area contributed by atoms with Gasteiger partial charge in [-0.25, -0.2) is 0 Å². The number of rotatable bonds is 4. The van der Waals surface area contributed by atoms with E-state index in [9.17, 15) is 0 Å². The minimum Gasteiger partial charge on any atom is -0.334 e. The van der Waals surface area contributed by atoms with Crippen LogP contribution in [-0.4, -0.2) is 15.7 Å². The Balaban J connectivity index is 2.45. The van der Waals surface area contributed by atoms with Crippen molar-refractivity contribution in [1.29, 1.82) is 0 Å². The predicted octanol–water partition coefficient (Wildman–Crippen LogP) is 0.290. The summed E-state index contributed by atoms with van der Waals surface area (Å²) in [7, 11) is 0.188. The van der Waals surface area contributed by atoms with E-state index in [4.69, 9.17) is 5.73 Å². The van der Waals surface area contributed by atoms with Gasteiger partial charge in [-0.2, -0.15) is 0 Å². The molecule has 0 amide bonds. The molecule has 0 aliphatic rings. The maximum atomic E-state index is 5.33. The van der Waals surface area contributed by atoms with Crippen molar-refractivity contribution in [2.45, 2.75) is 25.8 Å². The molecule has 0 aliphatic heterocycles. The van der Waals surface area contributed by atoms with Gasteiger partial charge < -0.3 is 5.73 Å². The molecule has 44 valence electrons. The van der Waals surface area contributed by atoms with Crippen LogP contribution in [0.25, 0.3) is 0 Å². The maximum Gasteiger partial charge on any atom is 0.0362 e. The highest BCUT2D eigenvalue weighted by Crippen LogP contribution is 1.90. The average Bonchev–Trinajstić information content (AvgIpc) is 1.69. The molecule has 0 bridgehead atoms. The van der Waals surface area contributed by atoms with Crippen LogP contribution in [0.5, 0.6) is 0 Å². The molecule has 0 atom stereocenters. The Labute approximate surface area is 48.1 Å². The summed E-state index contributed by atoms with van der Waals surface area (Å²) in [5, 5.41) is 0. The lowest BCUT2D eigenvalue weighted by Gasteiger charge is -1.89. The Bertz CT molecular complexity index is 27.3. The number of hydrogen-bond acceptors (Lipinski definition) is 1.